The molecule has 142 valence electrons. The molecule has 0 aromatic carbocycles. The lowest BCUT2D eigenvalue weighted by Crippen LogP contribution is -2.47. The van der Waals surface area contributed by atoms with E-state index in [4.69, 9.17) is 4.99 Å². The maximum atomic E-state index is 12.1. The molecule has 5 nitrogen and oxygen atoms in total. The normalized spacial score (nSPS) is 23.5. The van der Waals surface area contributed by atoms with Gasteiger partial charge in [-0.1, -0.05) is 20.3 Å². The Bertz CT molecular complexity index is 400. The van der Waals surface area contributed by atoms with Crippen LogP contribution in [0.5, 0.6) is 0 Å². The fourth-order valence-corrected chi connectivity index (χ4v) is 4.68. The van der Waals surface area contributed by atoms with Crippen molar-refractivity contribution in [2.45, 2.75) is 77.6 Å². The van der Waals surface area contributed by atoms with Crippen molar-refractivity contribution in [1.29, 1.82) is 0 Å². The smallest absolute Gasteiger partial charge is 0.191 e. The van der Waals surface area contributed by atoms with E-state index in [2.05, 4.69) is 43.2 Å². The summed E-state index contributed by atoms with van der Waals surface area (Å²) in [6.45, 7) is 14.5. The molecule has 3 unspecified atom stereocenters. The molecule has 1 aliphatic rings. The van der Waals surface area contributed by atoms with Gasteiger partial charge >= 0.3 is 0 Å². The van der Waals surface area contributed by atoms with Crippen LogP contribution in [-0.2, 0) is 10.8 Å². The molecule has 2 N–H and O–H groups in total. The molecule has 1 saturated carbocycles. The molecule has 3 atom stereocenters. The van der Waals surface area contributed by atoms with Gasteiger partial charge in [-0.05, 0) is 46.6 Å². The molecule has 1 aliphatic carbocycles. The molecule has 0 bridgehead atoms. The number of guanidine groups is 1. The van der Waals surface area contributed by atoms with Gasteiger partial charge in [-0.2, -0.15) is 0 Å². The quantitative estimate of drug-likeness (QED) is 0.491. The van der Waals surface area contributed by atoms with Crippen molar-refractivity contribution in [2.75, 3.05) is 31.9 Å². The molecule has 6 heteroatoms. The Hall–Kier alpha value is -0.620. The van der Waals surface area contributed by atoms with Gasteiger partial charge in [0.25, 0.3) is 0 Å². The van der Waals surface area contributed by atoms with E-state index in [0.717, 1.165) is 63.6 Å². The molecule has 0 amide bonds. The Balaban J connectivity index is 2.55. The molecule has 1 fully saturated rings. The molecule has 24 heavy (non-hydrogen) atoms. The number of nitrogens with zero attached hydrogens (tertiary/aromatic N) is 2. The van der Waals surface area contributed by atoms with Crippen LogP contribution in [0, 0.1) is 0 Å². The van der Waals surface area contributed by atoms with E-state index in [1.807, 2.05) is 6.92 Å². The van der Waals surface area contributed by atoms with Crippen LogP contribution >= 0.6 is 0 Å². The Kier molecular flexibility index (Phi) is 10.6. The number of aliphatic imine (C=N–C) groups is 1. The first-order valence-corrected chi connectivity index (χ1v) is 11.1. The van der Waals surface area contributed by atoms with Gasteiger partial charge in [-0.25, -0.2) is 0 Å². The first-order valence-electron chi connectivity index (χ1n) is 9.67. The number of hydrogen-bond acceptors (Lipinski definition) is 3. The van der Waals surface area contributed by atoms with Crippen LogP contribution in [0.4, 0.5) is 0 Å². The highest BCUT2D eigenvalue weighted by Crippen LogP contribution is 2.22. The van der Waals surface area contributed by atoms with Crippen molar-refractivity contribution in [3.8, 4) is 0 Å². The first kappa shape index (κ1) is 21.4. The fraction of sp³-hybridized carbons (Fsp3) is 0.944. The summed E-state index contributed by atoms with van der Waals surface area (Å²) in [5.41, 5.74) is 0. The van der Waals surface area contributed by atoms with E-state index in [1.54, 1.807) is 0 Å². The third kappa shape index (κ3) is 7.51. The Morgan fingerprint density at radius 3 is 2.62 bits per heavy atom. The van der Waals surface area contributed by atoms with Crippen molar-refractivity contribution in [2.24, 2.45) is 4.99 Å². The van der Waals surface area contributed by atoms with Crippen molar-refractivity contribution >= 4 is 16.8 Å². The zero-order valence-electron chi connectivity index (χ0n) is 16.3. The Morgan fingerprint density at radius 1 is 1.29 bits per heavy atom. The van der Waals surface area contributed by atoms with Crippen LogP contribution in [-0.4, -0.2) is 64.3 Å². The van der Waals surface area contributed by atoms with E-state index in [0.29, 0.717) is 17.3 Å². The third-order valence-electron chi connectivity index (χ3n) is 4.76. The maximum Gasteiger partial charge on any atom is 0.191 e. The molecule has 0 radical (unpaired) electrons. The predicted molar refractivity (Wildman–Crippen MR) is 106 cm³/mol. The summed E-state index contributed by atoms with van der Waals surface area (Å²) in [6.07, 6.45) is 4.41. The van der Waals surface area contributed by atoms with Crippen molar-refractivity contribution in [3.05, 3.63) is 0 Å². The van der Waals surface area contributed by atoms with E-state index >= 15 is 0 Å². The number of hydrogen-bond donors (Lipinski definition) is 2. The highest BCUT2D eigenvalue weighted by atomic mass is 32.2. The summed E-state index contributed by atoms with van der Waals surface area (Å²) in [7, 11) is -0.678. The summed E-state index contributed by atoms with van der Waals surface area (Å²) in [5, 5.41) is 7.27. The zero-order valence-corrected chi connectivity index (χ0v) is 17.1. The molecule has 0 aromatic rings. The predicted octanol–water partition coefficient (Wildman–Crippen LogP) is 2.35. The highest BCUT2D eigenvalue weighted by molar-refractivity contribution is 7.85. The standard InChI is InChI=1S/C18H38N4OS/c1-6-19-18(20-12-13-22(7-2)15(4)5)21-16-10-9-11-17(14-16)24(23)8-3/h15-17H,6-14H2,1-5H3,(H2,19,20,21). The largest absolute Gasteiger partial charge is 0.357 e. The summed E-state index contributed by atoms with van der Waals surface area (Å²) >= 11 is 0. The number of likely N-dealkylation sites (N-methyl/N-ethyl adjacent to an activating group) is 1. The Morgan fingerprint density at radius 2 is 2.04 bits per heavy atom. The molecule has 0 spiro atoms. The van der Waals surface area contributed by atoms with Gasteiger partial charge in [0, 0.05) is 47.0 Å². The SMILES string of the molecule is CCNC(=NCCN(CC)C(C)C)NC1CCCC(S(=O)CC)C1. The molecule has 1 rings (SSSR count). The van der Waals surface area contributed by atoms with Gasteiger partial charge in [0.05, 0.1) is 6.54 Å². The topological polar surface area (TPSA) is 56.7 Å². The molecular formula is C18H38N4OS. The van der Waals surface area contributed by atoms with Crippen molar-refractivity contribution in [1.82, 2.24) is 15.5 Å². The average molecular weight is 359 g/mol. The lowest BCUT2D eigenvalue weighted by Gasteiger charge is -2.30. The van der Waals surface area contributed by atoms with Crippen LogP contribution < -0.4 is 10.6 Å². The van der Waals surface area contributed by atoms with Gasteiger partial charge in [0.1, 0.15) is 0 Å². The number of nitrogens with one attached hydrogen (secondary N) is 2. The monoisotopic (exact) mass is 358 g/mol. The lowest BCUT2D eigenvalue weighted by atomic mass is 9.95. The average Bonchev–Trinajstić information content (AvgIpc) is 2.58. The van der Waals surface area contributed by atoms with Crippen LogP contribution in [0.3, 0.4) is 0 Å². The second-order valence-corrected chi connectivity index (χ2v) is 8.79. The maximum absolute atomic E-state index is 12.1. The van der Waals surface area contributed by atoms with E-state index in [9.17, 15) is 4.21 Å². The molecule has 0 saturated heterocycles. The van der Waals surface area contributed by atoms with Crippen molar-refractivity contribution in [3.63, 3.8) is 0 Å². The number of rotatable bonds is 9. The highest BCUT2D eigenvalue weighted by Gasteiger charge is 2.26. The van der Waals surface area contributed by atoms with Gasteiger partial charge in [-0.15, -0.1) is 0 Å². The zero-order chi connectivity index (χ0) is 17.9. The summed E-state index contributed by atoms with van der Waals surface area (Å²) < 4.78 is 12.1. The van der Waals surface area contributed by atoms with Crippen LogP contribution in [0.25, 0.3) is 0 Å². The fourth-order valence-electron chi connectivity index (χ4n) is 3.34. The minimum Gasteiger partial charge on any atom is -0.357 e. The van der Waals surface area contributed by atoms with Gasteiger partial charge < -0.3 is 10.6 Å². The minimum atomic E-state index is -0.678. The van der Waals surface area contributed by atoms with Gasteiger partial charge in [0.2, 0.25) is 0 Å². The van der Waals surface area contributed by atoms with E-state index in [1.165, 1.54) is 0 Å². The lowest BCUT2D eigenvalue weighted by molar-refractivity contribution is 0.240. The van der Waals surface area contributed by atoms with Crippen LogP contribution in [0.2, 0.25) is 0 Å². The van der Waals surface area contributed by atoms with Crippen LogP contribution in [0.15, 0.2) is 4.99 Å². The second kappa shape index (κ2) is 11.9. The summed E-state index contributed by atoms with van der Waals surface area (Å²) in [5.74, 6) is 1.68. The van der Waals surface area contributed by atoms with E-state index < -0.39 is 10.8 Å². The Labute approximate surface area is 151 Å². The minimum absolute atomic E-state index is 0.348. The molecular weight excluding hydrogens is 320 g/mol. The summed E-state index contributed by atoms with van der Waals surface area (Å²) in [6, 6.07) is 0.952. The third-order valence-corrected chi connectivity index (χ3v) is 6.50. The van der Waals surface area contributed by atoms with Gasteiger partial charge in [-0.3, -0.25) is 14.1 Å². The molecule has 0 aliphatic heterocycles. The van der Waals surface area contributed by atoms with E-state index in [-0.39, 0.29) is 0 Å². The second-order valence-electron chi connectivity index (χ2n) is 6.78. The molecule has 0 heterocycles. The first-order chi connectivity index (χ1) is 11.5. The van der Waals surface area contributed by atoms with Crippen molar-refractivity contribution < 1.29 is 4.21 Å². The molecule has 0 aromatic heterocycles. The van der Waals surface area contributed by atoms with Crippen LogP contribution in [0.1, 0.15) is 60.3 Å². The van der Waals surface area contributed by atoms with Gasteiger partial charge in [0.15, 0.2) is 5.96 Å². The summed E-state index contributed by atoms with van der Waals surface area (Å²) in [4.78, 5) is 7.17.